The molecule has 0 aromatic carbocycles. The smallest absolute Gasteiger partial charge is 0.248 e. The highest BCUT2D eigenvalue weighted by molar-refractivity contribution is 5.50. The highest BCUT2D eigenvalue weighted by Crippen LogP contribution is 2.30. The van der Waals surface area contributed by atoms with Crippen LogP contribution in [0.4, 0.5) is 5.95 Å². The maximum absolute atomic E-state index is 11.4. The molecule has 0 saturated carbocycles. The molecule has 1 fully saturated rings. The first-order valence-electron chi connectivity index (χ1n) is 7.17. The molecule has 2 aromatic heterocycles. The van der Waals surface area contributed by atoms with Gasteiger partial charge in [-0.3, -0.25) is 9.89 Å². The second kappa shape index (κ2) is 5.33. The van der Waals surface area contributed by atoms with Crippen molar-refractivity contribution >= 4 is 5.95 Å². The number of nitrogens with zero attached hydrogens (tertiary/aromatic N) is 3. The van der Waals surface area contributed by atoms with Crippen molar-refractivity contribution in [3.8, 4) is 11.5 Å². The first kappa shape index (κ1) is 13.8. The number of aromatic nitrogens is 4. The monoisotopic (exact) mass is 288 g/mol. The summed E-state index contributed by atoms with van der Waals surface area (Å²) in [5.41, 5.74) is 6.47. The summed E-state index contributed by atoms with van der Waals surface area (Å²) >= 11 is 0. The van der Waals surface area contributed by atoms with Crippen molar-refractivity contribution in [1.82, 2.24) is 20.2 Å². The minimum absolute atomic E-state index is 0.111. The van der Waals surface area contributed by atoms with Gasteiger partial charge < -0.3 is 15.6 Å². The number of anilines is 1. The molecule has 1 aliphatic heterocycles. The van der Waals surface area contributed by atoms with Crippen molar-refractivity contribution in [2.24, 2.45) is 11.1 Å². The first-order chi connectivity index (χ1) is 10.1. The van der Waals surface area contributed by atoms with Crippen molar-refractivity contribution in [3.63, 3.8) is 0 Å². The van der Waals surface area contributed by atoms with Crippen LogP contribution in [0.25, 0.3) is 11.5 Å². The van der Waals surface area contributed by atoms with Crippen molar-refractivity contribution in [3.05, 3.63) is 28.6 Å². The fourth-order valence-electron chi connectivity index (χ4n) is 2.75. The molecule has 1 aliphatic rings. The topological polar surface area (TPSA) is 104 Å². The Morgan fingerprint density at radius 3 is 3.10 bits per heavy atom. The van der Waals surface area contributed by atoms with Crippen LogP contribution >= 0.6 is 0 Å². The van der Waals surface area contributed by atoms with Crippen molar-refractivity contribution in [1.29, 1.82) is 0 Å². The Morgan fingerprint density at radius 2 is 2.33 bits per heavy atom. The van der Waals surface area contributed by atoms with Crippen LogP contribution in [0.3, 0.4) is 0 Å². The molecule has 0 aliphatic carbocycles. The molecule has 0 spiro atoms. The molecule has 3 heterocycles. The van der Waals surface area contributed by atoms with E-state index in [0.29, 0.717) is 24.0 Å². The normalized spacial score (nSPS) is 22.5. The van der Waals surface area contributed by atoms with Crippen molar-refractivity contribution in [2.45, 2.75) is 19.8 Å². The fourth-order valence-corrected chi connectivity index (χ4v) is 2.75. The highest BCUT2D eigenvalue weighted by atomic mass is 16.1. The number of nitrogens with one attached hydrogen (secondary N) is 2. The highest BCUT2D eigenvalue weighted by Gasteiger charge is 2.31. The second-order valence-electron chi connectivity index (χ2n) is 5.95. The van der Waals surface area contributed by atoms with Crippen LogP contribution in [-0.2, 0) is 0 Å². The summed E-state index contributed by atoms with van der Waals surface area (Å²) in [7, 11) is 0. The van der Waals surface area contributed by atoms with Crippen LogP contribution in [0, 0.1) is 5.41 Å². The van der Waals surface area contributed by atoms with Gasteiger partial charge in [-0.25, -0.2) is 0 Å². The molecule has 112 valence electrons. The number of aromatic amines is 2. The SMILES string of the molecule is CC1(CN)CCCN(c2n[nH]c(-c3cccc(=O)[nH]3)n2)C1. The average molecular weight is 288 g/mol. The lowest BCUT2D eigenvalue weighted by atomic mass is 9.82. The molecule has 0 radical (unpaired) electrons. The Labute approximate surface area is 122 Å². The van der Waals surface area contributed by atoms with Gasteiger partial charge >= 0.3 is 0 Å². The van der Waals surface area contributed by atoms with Gasteiger partial charge in [-0.1, -0.05) is 13.0 Å². The average Bonchev–Trinajstić information content (AvgIpc) is 2.97. The molecule has 0 amide bonds. The van der Waals surface area contributed by atoms with Crippen molar-refractivity contribution < 1.29 is 0 Å². The van der Waals surface area contributed by atoms with E-state index in [2.05, 4.69) is 32.0 Å². The van der Waals surface area contributed by atoms with Gasteiger partial charge in [0.2, 0.25) is 11.5 Å². The van der Waals surface area contributed by atoms with E-state index in [1.54, 1.807) is 12.1 Å². The number of rotatable bonds is 3. The number of hydrogen-bond acceptors (Lipinski definition) is 5. The maximum atomic E-state index is 11.4. The van der Waals surface area contributed by atoms with E-state index in [-0.39, 0.29) is 11.0 Å². The van der Waals surface area contributed by atoms with E-state index in [1.165, 1.54) is 6.07 Å². The van der Waals surface area contributed by atoms with Gasteiger partial charge in [-0.15, -0.1) is 5.10 Å². The zero-order valence-corrected chi connectivity index (χ0v) is 12.1. The van der Waals surface area contributed by atoms with Gasteiger partial charge in [0, 0.05) is 19.2 Å². The minimum Gasteiger partial charge on any atom is -0.339 e. The molecule has 4 N–H and O–H groups in total. The van der Waals surface area contributed by atoms with Crippen LogP contribution in [0.1, 0.15) is 19.8 Å². The lowest BCUT2D eigenvalue weighted by molar-refractivity contribution is 0.270. The Balaban J connectivity index is 1.83. The molecule has 1 unspecified atom stereocenters. The van der Waals surface area contributed by atoms with Crippen LogP contribution < -0.4 is 16.2 Å². The minimum atomic E-state index is -0.154. The Bertz CT molecular complexity index is 678. The number of pyridine rings is 1. The quantitative estimate of drug-likeness (QED) is 0.772. The summed E-state index contributed by atoms with van der Waals surface area (Å²) in [6.07, 6.45) is 2.21. The number of nitrogens with two attached hydrogens (primary N) is 1. The van der Waals surface area contributed by atoms with Crippen LogP contribution in [-0.4, -0.2) is 39.8 Å². The standard InChI is InChI=1S/C14H20N6O/c1-14(8-15)6-3-7-20(9-14)13-17-12(18-19-13)10-4-2-5-11(21)16-10/h2,4-5H,3,6-9,15H2,1H3,(H,16,21)(H,17,18,19). The predicted octanol–water partition coefficient (Wildman–Crippen LogP) is 0.725. The first-order valence-corrected chi connectivity index (χ1v) is 7.17. The number of piperidine rings is 1. The zero-order valence-electron chi connectivity index (χ0n) is 12.1. The Morgan fingerprint density at radius 1 is 1.48 bits per heavy atom. The van der Waals surface area contributed by atoms with Gasteiger partial charge in [0.15, 0.2) is 5.82 Å². The third kappa shape index (κ3) is 2.82. The van der Waals surface area contributed by atoms with E-state index in [1.807, 2.05) is 0 Å². The predicted molar refractivity (Wildman–Crippen MR) is 81.0 cm³/mol. The van der Waals surface area contributed by atoms with Gasteiger partial charge in [0.05, 0.1) is 5.69 Å². The van der Waals surface area contributed by atoms with E-state index >= 15 is 0 Å². The van der Waals surface area contributed by atoms with Gasteiger partial charge in [-0.05, 0) is 30.9 Å². The van der Waals surface area contributed by atoms with Gasteiger partial charge in [0.1, 0.15) is 0 Å². The van der Waals surface area contributed by atoms with E-state index in [4.69, 9.17) is 5.73 Å². The molecule has 1 atom stereocenters. The summed E-state index contributed by atoms with van der Waals surface area (Å²) < 4.78 is 0. The molecule has 3 rings (SSSR count). The number of H-pyrrole nitrogens is 2. The van der Waals surface area contributed by atoms with E-state index < -0.39 is 0 Å². The number of hydrogen-bond donors (Lipinski definition) is 3. The van der Waals surface area contributed by atoms with E-state index in [0.717, 1.165) is 25.9 Å². The zero-order chi connectivity index (χ0) is 14.9. The Kier molecular flexibility index (Phi) is 3.50. The molecular weight excluding hydrogens is 268 g/mol. The van der Waals surface area contributed by atoms with Gasteiger partial charge in [0.25, 0.3) is 0 Å². The molecule has 7 heteroatoms. The largest absolute Gasteiger partial charge is 0.339 e. The van der Waals surface area contributed by atoms with E-state index in [9.17, 15) is 4.79 Å². The fraction of sp³-hybridized carbons (Fsp3) is 0.500. The third-order valence-corrected chi connectivity index (χ3v) is 4.05. The lowest BCUT2D eigenvalue weighted by Gasteiger charge is -2.39. The molecular formula is C14H20N6O. The second-order valence-corrected chi connectivity index (χ2v) is 5.95. The van der Waals surface area contributed by atoms with Gasteiger partial charge in [-0.2, -0.15) is 4.98 Å². The maximum Gasteiger partial charge on any atom is 0.248 e. The molecule has 21 heavy (non-hydrogen) atoms. The molecule has 7 nitrogen and oxygen atoms in total. The van der Waals surface area contributed by atoms with Crippen molar-refractivity contribution in [2.75, 3.05) is 24.5 Å². The summed E-state index contributed by atoms with van der Waals surface area (Å²) in [5.74, 6) is 1.23. The van der Waals surface area contributed by atoms with Crippen LogP contribution in [0.15, 0.2) is 23.0 Å². The Hall–Kier alpha value is -2.15. The molecule has 0 bridgehead atoms. The third-order valence-electron chi connectivity index (χ3n) is 4.05. The summed E-state index contributed by atoms with van der Waals surface area (Å²) in [4.78, 5) is 20.7. The van der Waals surface area contributed by atoms with Crippen LogP contribution in [0.2, 0.25) is 0 Å². The summed E-state index contributed by atoms with van der Waals surface area (Å²) in [5, 5.41) is 7.16. The summed E-state index contributed by atoms with van der Waals surface area (Å²) in [6.45, 7) is 4.64. The molecule has 1 saturated heterocycles. The summed E-state index contributed by atoms with van der Waals surface area (Å²) in [6, 6.07) is 4.97. The molecule has 2 aromatic rings. The lowest BCUT2D eigenvalue weighted by Crippen LogP contribution is -2.46. The van der Waals surface area contributed by atoms with Crippen LogP contribution in [0.5, 0.6) is 0 Å².